The van der Waals surface area contributed by atoms with E-state index in [0.29, 0.717) is 44.5 Å². The van der Waals surface area contributed by atoms with Gasteiger partial charge in [0, 0.05) is 42.3 Å². The van der Waals surface area contributed by atoms with Gasteiger partial charge in [-0.15, -0.1) is 0 Å². The van der Waals surface area contributed by atoms with Crippen LogP contribution in [-0.2, 0) is 9.47 Å². The second-order valence-electron chi connectivity index (χ2n) is 8.61. The van der Waals surface area contributed by atoms with E-state index < -0.39 is 0 Å². The van der Waals surface area contributed by atoms with Crippen molar-refractivity contribution in [3.05, 3.63) is 30.5 Å². The van der Waals surface area contributed by atoms with Crippen molar-refractivity contribution >= 4 is 33.8 Å². The number of aliphatic hydroxyl groups is 1. The fraction of sp³-hybridized carbons (Fsp3) is 0.435. The summed E-state index contributed by atoms with van der Waals surface area (Å²) >= 11 is 0. The Morgan fingerprint density at radius 1 is 1.15 bits per heavy atom. The molecular formula is C23H27N7O3. The van der Waals surface area contributed by atoms with Crippen LogP contribution in [0.1, 0.15) is 6.92 Å². The van der Waals surface area contributed by atoms with E-state index in [0.717, 1.165) is 40.2 Å². The van der Waals surface area contributed by atoms with Crippen molar-refractivity contribution in [2.24, 2.45) is 0 Å². The molecule has 0 amide bonds. The lowest BCUT2D eigenvalue weighted by molar-refractivity contribution is 0.00315. The zero-order chi connectivity index (χ0) is 22.4. The third-order valence-corrected chi connectivity index (χ3v) is 6.44. The normalized spacial score (nSPS) is 21.9. The van der Waals surface area contributed by atoms with Crippen molar-refractivity contribution in [2.45, 2.75) is 19.1 Å². The standard InChI is InChI=1S/C23H27N7O3/c1-14-13-32-9-8-30(14)22-19-21(27-23(28-22)29-7-10-33-15(11-29)12-31)26-20(25-19)17-3-2-4-18-16(17)5-6-24-18/h2-6,14-15,24,31H,7-13H2,1H3,(H,25,26,27,28)/t14-,15?/m1/s1. The van der Waals surface area contributed by atoms with Gasteiger partial charge in [-0.1, -0.05) is 12.1 Å². The molecule has 2 aliphatic heterocycles. The van der Waals surface area contributed by atoms with E-state index in [9.17, 15) is 5.11 Å². The van der Waals surface area contributed by atoms with Crippen LogP contribution >= 0.6 is 0 Å². The van der Waals surface area contributed by atoms with Crippen LogP contribution < -0.4 is 9.80 Å². The number of ether oxygens (including phenoxy) is 2. The Kier molecular flexibility index (Phi) is 5.12. The molecule has 10 heteroatoms. The predicted octanol–water partition coefficient (Wildman–Crippen LogP) is 1.92. The molecule has 0 radical (unpaired) electrons. The number of aromatic amines is 2. The summed E-state index contributed by atoms with van der Waals surface area (Å²) in [6.07, 6.45) is 1.69. The molecule has 2 atom stereocenters. The van der Waals surface area contributed by atoms with Crippen LogP contribution in [0.5, 0.6) is 0 Å². The number of H-pyrrole nitrogens is 2. The molecule has 0 saturated carbocycles. The fourth-order valence-electron chi connectivity index (χ4n) is 4.69. The first kappa shape index (κ1) is 20.4. The average Bonchev–Trinajstić information content (AvgIpc) is 3.51. The van der Waals surface area contributed by atoms with Gasteiger partial charge in [-0.3, -0.25) is 0 Å². The summed E-state index contributed by atoms with van der Waals surface area (Å²) in [6, 6.07) is 8.37. The second kappa shape index (κ2) is 8.29. The Labute approximate surface area is 190 Å². The van der Waals surface area contributed by atoms with Crippen LogP contribution in [0.4, 0.5) is 11.8 Å². The van der Waals surface area contributed by atoms with Gasteiger partial charge < -0.3 is 34.3 Å². The largest absolute Gasteiger partial charge is 0.394 e. The van der Waals surface area contributed by atoms with Crippen molar-refractivity contribution in [1.82, 2.24) is 24.9 Å². The van der Waals surface area contributed by atoms with Crippen LogP contribution in [0.3, 0.4) is 0 Å². The number of nitrogens with one attached hydrogen (secondary N) is 2. The topological polar surface area (TPSA) is 115 Å². The molecule has 1 aromatic carbocycles. The Bertz CT molecular complexity index is 1290. The van der Waals surface area contributed by atoms with E-state index in [1.807, 2.05) is 12.3 Å². The van der Waals surface area contributed by atoms with E-state index >= 15 is 0 Å². The Hall–Kier alpha value is -3.21. The zero-order valence-electron chi connectivity index (χ0n) is 18.5. The van der Waals surface area contributed by atoms with Gasteiger partial charge in [-0.2, -0.15) is 9.97 Å². The molecule has 2 fully saturated rings. The fourth-order valence-corrected chi connectivity index (χ4v) is 4.69. The smallest absolute Gasteiger partial charge is 0.229 e. The number of benzene rings is 1. The van der Waals surface area contributed by atoms with Gasteiger partial charge in [0.2, 0.25) is 5.95 Å². The lowest BCUT2D eigenvalue weighted by Gasteiger charge is -2.36. The van der Waals surface area contributed by atoms with E-state index in [1.54, 1.807) is 0 Å². The molecular weight excluding hydrogens is 422 g/mol. The van der Waals surface area contributed by atoms with Crippen LogP contribution in [0.15, 0.2) is 30.5 Å². The van der Waals surface area contributed by atoms with E-state index in [4.69, 9.17) is 24.4 Å². The number of fused-ring (bicyclic) bond motifs is 2. The zero-order valence-corrected chi connectivity index (χ0v) is 18.5. The third-order valence-electron chi connectivity index (χ3n) is 6.44. The lowest BCUT2D eigenvalue weighted by atomic mass is 10.1. The Balaban J connectivity index is 1.50. The van der Waals surface area contributed by atoms with Crippen LogP contribution in [0, 0.1) is 0 Å². The van der Waals surface area contributed by atoms with Crippen LogP contribution in [0.25, 0.3) is 33.5 Å². The van der Waals surface area contributed by atoms with Crippen LogP contribution in [-0.4, -0.2) is 88.2 Å². The molecule has 5 heterocycles. The molecule has 6 rings (SSSR count). The SMILES string of the molecule is C[C@@H]1COCCN1c1nc(N2CCOC(CO)C2)nc2nc(-c3cccc4[nH]ccc34)[nH]c12. The van der Waals surface area contributed by atoms with Gasteiger partial charge >= 0.3 is 0 Å². The molecule has 10 nitrogen and oxygen atoms in total. The Morgan fingerprint density at radius 2 is 2.09 bits per heavy atom. The average molecular weight is 450 g/mol. The van der Waals surface area contributed by atoms with Crippen molar-refractivity contribution in [2.75, 3.05) is 55.9 Å². The highest BCUT2D eigenvalue weighted by Gasteiger charge is 2.28. The van der Waals surface area contributed by atoms with Gasteiger partial charge in [0.05, 0.1) is 38.6 Å². The molecule has 3 aromatic heterocycles. The molecule has 0 aliphatic carbocycles. The van der Waals surface area contributed by atoms with Gasteiger partial charge in [-0.25, -0.2) is 4.98 Å². The maximum Gasteiger partial charge on any atom is 0.229 e. The first-order valence-corrected chi connectivity index (χ1v) is 11.4. The number of anilines is 2. The summed E-state index contributed by atoms with van der Waals surface area (Å²) in [6.45, 7) is 5.89. The minimum Gasteiger partial charge on any atom is -0.394 e. The number of rotatable bonds is 4. The highest BCUT2D eigenvalue weighted by atomic mass is 16.5. The summed E-state index contributed by atoms with van der Waals surface area (Å²) < 4.78 is 11.3. The number of nitrogens with zero attached hydrogens (tertiary/aromatic N) is 5. The highest BCUT2D eigenvalue weighted by Crippen LogP contribution is 2.32. The van der Waals surface area contributed by atoms with Crippen LogP contribution in [0.2, 0.25) is 0 Å². The molecule has 0 spiro atoms. The van der Waals surface area contributed by atoms with Gasteiger partial charge in [0.15, 0.2) is 11.5 Å². The number of aromatic nitrogens is 5. The molecule has 2 saturated heterocycles. The summed E-state index contributed by atoms with van der Waals surface area (Å²) in [7, 11) is 0. The predicted molar refractivity (Wildman–Crippen MR) is 126 cm³/mol. The minimum atomic E-state index is -0.246. The quantitative estimate of drug-likeness (QED) is 0.433. The van der Waals surface area contributed by atoms with Crippen molar-refractivity contribution < 1.29 is 14.6 Å². The van der Waals surface area contributed by atoms with Gasteiger partial charge in [0.1, 0.15) is 11.3 Å². The third kappa shape index (κ3) is 3.60. The highest BCUT2D eigenvalue weighted by molar-refractivity contribution is 5.96. The van der Waals surface area contributed by atoms with Crippen molar-refractivity contribution in [1.29, 1.82) is 0 Å². The summed E-state index contributed by atoms with van der Waals surface area (Å²) in [4.78, 5) is 25.8. The maximum absolute atomic E-state index is 9.58. The summed E-state index contributed by atoms with van der Waals surface area (Å²) in [5.41, 5.74) is 3.52. The van der Waals surface area contributed by atoms with E-state index in [1.165, 1.54) is 0 Å². The first-order chi connectivity index (χ1) is 16.2. The molecule has 0 bridgehead atoms. The molecule has 4 aromatic rings. The van der Waals surface area contributed by atoms with E-state index in [2.05, 4.69) is 44.9 Å². The minimum absolute atomic E-state index is 0.0284. The number of morpholine rings is 2. The van der Waals surface area contributed by atoms with Crippen molar-refractivity contribution in [3.63, 3.8) is 0 Å². The summed E-state index contributed by atoms with van der Waals surface area (Å²) in [5, 5.41) is 10.7. The second-order valence-corrected chi connectivity index (χ2v) is 8.61. The van der Waals surface area contributed by atoms with Crippen molar-refractivity contribution in [3.8, 4) is 11.4 Å². The maximum atomic E-state index is 9.58. The molecule has 2 aliphatic rings. The lowest BCUT2D eigenvalue weighted by Crippen LogP contribution is -2.46. The van der Waals surface area contributed by atoms with E-state index in [-0.39, 0.29) is 18.8 Å². The number of imidazole rings is 1. The molecule has 172 valence electrons. The van der Waals surface area contributed by atoms with Gasteiger partial charge in [0.25, 0.3) is 0 Å². The number of aliphatic hydroxyl groups excluding tert-OH is 1. The number of hydrogen-bond donors (Lipinski definition) is 3. The Morgan fingerprint density at radius 3 is 2.97 bits per heavy atom. The summed E-state index contributed by atoms with van der Waals surface area (Å²) in [5.74, 6) is 2.20. The molecule has 33 heavy (non-hydrogen) atoms. The monoisotopic (exact) mass is 449 g/mol. The van der Waals surface area contributed by atoms with Gasteiger partial charge in [-0.05, 0) is 19.1 Å². The number of hydrogen-bond acceptors (Lipinski definition) is 8. The molecule has 3 N–H and O–H groups in total. The molecule has 1 unspecified atom stereocenters. The first-order valence-electron chi connectivity index (χ1n) is 11.4.